The summed E-state index contributed by atoms with van der Waals surface area (Å²) in [6.45, 7) is 2.97. The Bertz CT molecular complexity index is 454. The number of hydrogen-bond donors (Lipinski definition) is 0. The molecule has 0 N–H and O–H groups in total. The van der Waals surface area contributed by atoms with E-state index in [1.165, 1.54) is 6.92 Å². The van der Waals surface area contributed by atoms with Crippen LogP contribution in [0.2, 0.25) is 0 Å². The largest absolute Gasteiger partial charge is 0.459 e. The Hall–Kier alpha value is -1.11. The molecule has 0 spiro atoms. The average molecular weight is 279 g/mol. The van der Waals surface area contributed by atoms with Gasteiger partial charge >= 0.3 is 5.97 Å². The molecule has 0 heterocycles. The van der Waals surface area contributed by atoms with Gasteiger partial charge in [0.2, 0.25) is 0 Å². The maximum atomic E-state index is 13.3. The lowest BCUT2D eigenvalue weighted by Gasteiger charge is -2.58. The molecule has 0 aliphatic heterocycles. The summed E-state index contributed by atoms with van der Waals surface area (Å²) in [4.78, 5) is 12.1. The summed E-state index contributed by atoms with van der Waals surface area (Å²) in [6, 6.07) is 2.49. The Labute approximate surface area is 119 Å². The van der Waals surface area contributed by atoms with Gasteiger partial charge in [-0.1, -0.05) is 0 Å². The summed E-state index contributed by atoms with van der Waals surface area (Å²) >= 11 is 0. The van der Waals surface area contributed by atoms with Crippen LogP contribution in [0.1, 0.15) is 52.4 Å². The molecule has 4 atom stereocenters. The number of nitriles is 1. The first-order valence-electron chi connectivity index (χ1n) is 7.65. The second-order valence-corrected chi connectivity index (χ2v) is 7.42. The molecule has 0 saturated heterocycles. The third kappa shape index (κ3) is 2.12. The Morgan fingerprint density at radius 2 is 1.90 bits per heavy atom. The first-order chi connectivity index (χ1) is 9.37. The molecular formula is C16H22FNO2. The fourth-order valence-corrected chi connectivity index (χ4v) is 4.92. The highest BCUT2D eigenvalue weighted by Crippen LogP contribution is 2.62. The first-order valence-corrected chi connectivity index (χ1v) is 7.65. The summed E-state index contributed by atoms with van der Waals surface area (Å²) in [5.74, 6) is -0.153. The van der Waals surface area contributed by atoms with Gasteiger partial charge in [-0.2, -0.15) is 5.26 Å². The van der Waals surface area contributed by atoms with E-state index < -0.39 is 23.7 Å². The molecule has 4 aliphatic carbocycles. The van der Waals surface area contributed by atoms with Gasteiger partial charge in [-0.25, -0.2) is 4.39 Å². The van der Waals surface area contributed by atoms with Crippen LogP contribution in [0.3, 0.4) is 0 Å². The van der Waals surface area contributed by atoms with Crippen molar-refractivity contribution in [3.05, 3.63) is 0 Å². The molecule has 20 heavy (non-hydrogen) atoms. The monoisotopic (exact) mass is 279 g/mol. The van der Waals surface area contributed by atoms with Gasteiger partial charge in [0.1, 0.15) is 11.8 Å². The lowest BCUT2D eigenvalue weighted by molar-refractivity contribution is -0.199. The SMILES string of the molecule is CC(F)C(C)C(=O)OC12CC3CC(CC(C#N)(C3)C1)C2. The number of carbonyl (C=O) groups is 1. The fraction of sp³-hybridized carbons (Fsp3) is 0.875. The number of carbonyl (C=O) groups excluding carboxylic acids is 1. The molecule has 0 aromatic heterocycles. The van der Waals surface area contributed by atoms with Crippen molar-refractivity contribution in [2.75, 3.05) is 0 Å². The number of rotatable bonds is 3. The third-order valence-corrected chi connectivity index (χ3v) is 5.62. The molecule has 4 fully saturated rings. The molecule has 4 heteroatoms. The number of alkyl halides is 1. The van der Waals surface area contributed by atoms with Crippen molar-refractivity contribution in [3.63, 3.8) is 0 Å². The zero-order valence-electron chi connectivity index (χ0n) is 12.2. The van der Waals surface area contributed by atoms with E-state index >= 15 is 0 Å². The quantitative estimate of drug-likeness (QED) is 0.744. The van der Waals surface area contributed by atoms with Gasteiger partial charge in [0, 0.05) is 6.42 Å². The molecule has 0 radical (unpaired) electrons. The minimum absolute atomic E-state index is 0.297. The molecule has 4 unspecified atom stereocenters. The number of ether oxygens (including phenoxy) is 1. The van der Waals surface area contributed by atoms with Gasteiger partial charge in [0.15, 0.2) is 0 Å². The van der Waals surface area contributed by atoms with Crippen LogP contribution >= 0.6 is 0 Å². The predicted molar refractivity (Wildman–Crippen MR) is 71.3 cm³/mol. The summed E-state index contributed by atoms with van der Waals surface area (Å²) in [5.41, 5.74) is -0.783. The summed E-state index contributed by atoms with van der Waals surface area (Å²) in [5, 5.41) is 9.53. The van der Waals surface area contributed by atoms with Crippen LogP contribution < -0.4 is 0 Å². The minimum Gasteiger partial charge on any atom is -0.459 e. The van der Waals surface area contributed by atoms with E-state index in [2.05, 4.69) is 6.07 Å². The van der Waals surface area contributed by atoms with Crippen LogP contribution in [0.25, 0.3) is 0 Å². The van der Waals surface area contributed by atoms with Crippen LogP contribution in [0.5, 0.6) is 0 Å². The van der Waals surface area contributed by atoms with Crippen molar-refractivity contribution < 1.29 is 13.9 Å². The summed E-state index contributed by atoms with van der Waals surface area (Å²) in [7, 11) is 0. The molecule has 0 aromatic carbocycles. The van der Waals surface area contributed by atoms with Gasteiger partial charge in [0.25, 0.3) is 0 Å². The van der Waals surface area contributed by atoms with Crippen molar-refractivity contribution in [1.29, 1.82) is 5.26 Å². The topological polar surface area (TPSA) is 50.1 Å². The van der Waals surface area contributed by atoms with Gasteiger partial charge in [0.05, 0.1) is 17.4 Å². The Morgan fingerprint density at radius 3 is 2.40 bits per heavy atom. The van der Waals surface area contributed by atoms with Gasteiger partial charge in [-0.15, -0.1) is 0 Å². The maximum absolute atomic E-state index is 13.3. The van der Waals surface area contributed by atoms with E-state index in [0.29, 0.717) is 18.3 Å². The van der Waals surface area contributed by atoms with Crippen molar-refractivity contribution in [1.82, 2.24) is 0 Å². The zero-order chi connectivity index (χ0) is 14.5. The second-order valence-electron chi connectivity index (χ2n) is 7.42. The lowest BCUT2D eigenvalue weighted by atomic mass is 9.48. The molecule has 4 saturated carbocycles. The van der Waals surface area contributed by atoms with Crippen LogP contribution in [0.15, 0.2) is 0 Å². The summed E-state index contributed by atoms with van der Waals surface area (Å²) in [6.07, 6.45) is 4.27. The van der Waals surface area contributed by atoms with E-state index in [0.717, 1.165) is 32.1 Å². The minimum atomic E-state index is -1.19. The van der Waals surface area contributed by atoms with E-state index in [-0.39, 0.29) is 5.41 Å². The van der Waals surface area contributed by atoms with Crippen molar-refractivity contribution >= 4 is 5.97 Å². The molecule has 0 amide bonds. The lowest BCUT2D eigenvalue weighted by Crippen LogP contribution is -2.57. The van der Waals surface area contributed by atoms with E-state index in [4.69, 9.17) is 4.74 Å². The van der Waals surface area contributed by atoms with E-state index in [1.807, 2.05) is 0 Å². The van der Waals surface area contributed by atoms with E-state index in [9.17, 15) is 14.4 Å². The fourth-order valence-electron chi connectivity index (χ4n) is 4.92. The number of nitrogens with zero attached hydrogens (tertiary/aromatic N) is 1. The van der Waals surface area contributed by atoms with Crippen LogP contribution in [-0.4, -0.2) is 17.7 Å². The van der Waals surface area contributed by atoms with Crippen LogP contribution in [0, 0.1) is 34.5 Å². The highest BCUT2D eigenvalue weighted by Gasteiger charge is 2.60. The summed E-state index contributed by atoms with van der Waals surface area (Å²) < 4.78 is 19.1. The number of halogens is 1. The van der Waals surface area contributed by atoms with E-state index in [1.54, 1.807) is 6.92 Å². The van der Waals surface area contributed by atoms with Gasteiger partial charge < -0.3 is 4.74 Å². The molecule has 4 rings (SSSR count). The molecule has 3 nitrogen and oxygen atoms in total. The predicted octanol–water partition coefficient (Wildman–Crippen LogP) is 3.39. The van der Waals surface area contributed by atoms with Crippen molar-refractivity contribution in [2.45, 2.75) is 64.1 Å². The number of esters is 1. The molecule has 4 aliphatic rings. The van der Waals surface area contributed by atoms with Gasteiger partial charge in [-0.3, -0.25) is 4.79 Å². The van der Waals surface area contributed by atoms with Crippen molar-refractivity contribution in [2.24, 2.45) is 23.2 Å². The first kappa shape index (κ1) is 13.9. The second kappa shape index (κ2) is 4.44. The Morgan fingerprint density at radius 1 is 1.30 bits per heavy atom. The number of hydrogen-bond acceptors (Lipinski definition) is 3. The molecule has 0 aromatic rings. The maximum Gasteiger partial charge on any atom is 0.312 e. The normalized spacial score (nSPS) is 44.7. The standard InChI is InChI=1S/C16H22FNO2/c1-10(11(2)17)14(19)20-16-6-12-3-13(7-16)5-15(4-12,8-16)9-18/h10-13H,3-8H2,1-2H3. The third-order valence-electron chi connectivity index (χ3n) is 5.62. The van der Waals surface area contributed by atoms with Crippen molar-refractivity contribution in [3.8, 4) is 6.07 Å². The Balaban J connectivity index is 1.79. The zero-order valence-corrected chi connectivity index (χ0v) is 12.2. The Kier molecular flexibility index (Phi) is 3.08. The van der Waals surface area contributed by atoms with Crippen LogP contribution in [-0.2, 0) is 9.53 Å². The molecular weight excluding hydrogens is 257 g/mol. The molecule has 4 bridgehead atoms. The average Bonchev–Trinajstić information content (AvgIpc) is 2.35. The van der Waals surface area contributed by atoms with Crippen LogP contribution in [0.4, 0.5) is 4.39 Å². The highest BCUT2D eigenvalue weighted by molar-refractivity contribution is 5.73. The van der Waals surface area contributed by atoms with Gasteiger partial charge in [-0.05, 0) is 57.8 Å². The molecule has 110 valence electrons. The highest BCUT2D eigenvalue weighted by atomic mass is 19.1. The smallest absolute Gasteiger partial charge is 0.312 e.